The van der Waals surface area contributed by atoms with Crippen LogP contribution >= 0.6 is 0 Å². The summed E-state index contributed by atoms with van der Waals surface area (Å²) < 4.78 is 4.45. The molecule has 1 heterocycles. The van der Waals surface area contributed by atoms with Crippen molar-refractivity contribution in [3.05, 3.63) is 64.2 Å². The molecule has 3 N–H and O–H groups in total. The number of rotatable bonds is 3. The fraction of sp³-hybridized carbons (Fsp3) is 0.0714. The van der Waals surface area contributed by atoms with Crippen LogP contribution in [0.15, 0.2) is 48.5 Å². The molecule has 23 heavy (non-hydrogen) atoms. The fourth-order valence-electron chi connectivity index (χ4n) is 1.75. The van der Waals surface area contributed by atoms with Crippen molar-refractivity contribution in [2.24, 2.45) is 5.73 Å². The molecule has 2 aromatic carbocycles. The number of nitro benzene ring substituents is 1. The number of benzene rings is 2. The number of aromatic nitrogens is 3. The first-order valence-corrected chi connectivity index (χ1v) is 6.48. The number of fused-ring (bicyclic) bond motifs is 1. The van der Waals surface area contributed by atoms with E-state index in [1.807, 2.05) is 24.3 Å². The predicted octanol–water partition coefficient (Wildman–Crippen LogP) is 2.15. The second-order valence-corrected chi connectivity index (χ2v) is 4.32. The lowest BCUT2D eigenvalue weighted by molar-refractivity contribution is -0.385. The monoisotopic (exact) mass is 315 g/mol. The Bertz CT molecular complexity index is 787. The lowest BCUT2D eigenvalue weighted by atomic mass is 10.2. The molecule has 118 valence electrons. The number of nitrogens with zero attached hydrogens (tertiary/aromatic N) is 3. The highest BCUT2D eigenvalue weighted by atomic mass is 16.6. The lowest BCUT2D eigenvalue weighted by Crippen LogP contribution is -2.13. The van der Waals surface area contributed by atoms with Crippen molar-refractivity contribution >= 4 is 22.8 Å². The summed E-state index contributed by atoms with van der Waals surface area (Å²) in [5.74, 6) is 0. The van der Waals surface area contributed by atoms with Crippen molar-refractivity contribution in [1.29, 1.82) is 0 Å². The van der Waals surface area contributed by atoms with Crippen molar-refractivity contribution in [1.82, 2.24) is 15.4 Å². The van der Waals surface area contributed by atoms with Crippen molar-refractivity contribution < 1.29 is 14.5 Å². The summed E-state index contributed by atoms with van der Waals surface area (Å²) in [6.07, 6.45) is -0.955. The number of para-hydroxylation sites is 2. The number of H-pyrrole nitrogens is 1. The third kappa shape index (κ3) is 4.49. The van der Waals surface area contributed by atoms with Gasteiger partial charge in [-0.1, -0.05) is 29.5 Å². The first-order chi connectivity index (χ1) is 11.1. The summed E-state index contributed by atoms with van der Waals surface area (Å²) in [7, 11) is 0. The van der Waals surface area contributed by atoms with E-state index in [0.717, 1.165) is 11.0 Å². The average Bonchev–Trinajstić information content (AvgIpc) is 3.02. The van der Waals surface area contributed by atoms with E-state index in [2.05, 4.69) is 20.1 Å². The Morgan fingerprint density at radius 1 is 1.22 bits per heavy atom. The van der Waals surface area contributed by atoms with Crippen molar-refractivity contribution in [2.75, 3.05) is 0 Å². The number of hydrogen-bond donors (Lipinski definition) is 2. The highest BCUT2D eigenvalue weighted by molar-refractivity contribution is 5.72. The minimum absolute atomic E-state index is 0.0891. The van der Waals surface area contributed by atoms with Crippen LogP contribution in [0.3, 0.4) is 0 Å². The number of ether oxygens (including phenoxy) is 1. The van der Waals surface area contributed by atoms with Crippen molar-refractivity contribution in [2.45, 2.75) is 6.61 Å². The smallest absolute Gasteiger partial charge is 0.404 e. The second kappa shape index (κ2) is 7.50. The van der Waals surface area contributed by atoms with Crippen LogP contribution in [0, 0.1) is 10.1 Å². The molecule has 0 spiro atoms. The Labute approximate surface area is 130 Å². The quantitative estimate of drug-likeness (QED) is 0.561. The standard InChI is InChI=1S/C8H8N2O4.C6H5N3/c9-8(11)14-5-6-3-1-2-4-7(6)10(12)13;1-2-4-6-5(3-1)7-9-8-6/h1-4H,5H2,(H2,9,11);1-4H,(H,7,8,9). The van der Waals surface area contributed by atoms with Crippen LogP contribution < -0.4 is 5.73 Å². The van der Waals surface area contributed by atoms with E-state index in [4.69, 9.17) is 5.73 Å². The third-order valence-corrected chi connectivity index (χ3v) is 2.79. The van der Waals surface area contributed by atoms with E-state index in [1.54, 1.807) is 6.07 Å². The molecule has 0 aliphatic rings. The van der Waals surface area contributed by atoms with Crippen LogP contribution in [0.5, 0.6) is 0 Å². The summed E-state index contributed by atoms with van der Waals surface area (Å²) in [6.45, 7) is -0.188. The maximum Gasteiger partial charge on any atom is 0.404 e. The Hall–Kier alpha value is -3.49. The highest BCUT2D eigenvalue weighted by Gasteiger charge is 2.12. The maximum absolute atomic E-state index is 10.5. The average molecular weight is 315 g/mol. The molecular formula is C14H13N5O4. The van der Waals surface area contributed by atoms with Gasteiger partial charge in [-0.05, 0) is 18.2 Å². The molecule has 0 radical (unpaired) electrons. The summed E-state index contributed by atoms with van der Waals surface area (Å²) >= 11 is 0. The summed E-state index contributed by atoms with van der Waals surface area (Å²) in [5.41, 5.74) is 6.86. The molecule has 0 saturated heterocycles. The number of carbonyl (C=O) groups is 1. The molecule has 9 heteroatoms. The van der Waals surface area contributed by atoms with Gasteiger partial charge in [-0.2, -0.15) is 0 Å². The molecule has 3 rings (SSSR count). The number of hydrogen-bond acceptors (Lipinski definition) is 6. The normalized spacial score (nSPS) is 9.74. The van der Waals surface area contributed by atoms with Crippen LogP contribution in [-0.4, -0.2) is 26.4 Å². The highest BCUT2D eigenvalue weighted by Crippen LogP contribution is 2.18. The molecule has 9 nitrogen and oxygen atoms in total. The second-order valence-electron chi connectivity index (χ2n) is 4.32. The summed E-state index contributed by atoms with van der Waals surface area (Å²) in [4.78, 5) is 20.2. The zero-order chi connectivity index (χ0) is 16.7. The van der Waals surface area contributed by atoms with Crippen LogP contribution in [0.1, 0.15) is 5.56 Å². The van der Waals surface area contributed by atoms with Gasteiger partial charge in [0, 0.05) is 6.07 Å². The molecule has 1 amide bonds. The third-order valence-electron chi connectivity index (χ3n) is 2.79. The Kier molecular flexibility index (Phi) is 5.18. The van der Waals surface area contributed by atoms with Crippen LogP contribution in [-0.2, 0) is 11.3 Å². The number of primary amides is 1. The van der Waals surface area contributed by atoms with Crippen molar-refractivity contribution in [3.63, 3.8) is 0 Å². The zero-order valence-corrected chi connectivity index (χ0v) is 11.9. The van der Waals surface area contributed by atoms with Crippen molar-refractivity contribution in [3.8, 4) is 0 Å². The molecule has 0 bridgehead atoms. The van der Waals surface area contributed by atoms with E-state index in [1.165, 1.54) is 18.2 Å². The van der Waals surface area contributed by atoms with Gasteiger partial charge in [-0.25, -0.2) is 4.79 Å². The summed E-state index contributed by atoms with van der Waals surface area (Å²) in [6, 6.07) is 13.7. The van der Waals surface area contributed by atoms with Crippen LogP contribution in [0.4, 0.5) is 10.5 Å². The van der Waals surface area contributed by atoms with Gasteiger partial charge in [0.05, 0.1) is 16.0 Å². The van der Waals surface area contributed by atoms with E-state index >= 15 is 0 Å². The number of carbonyl (C=O) groups excluding carboxylic acids is 1. The molecule has 0 fully saturated rings. The minimum Gasteiger partial charge on any atom is -0.445 e. The van der Waals surface area contributed by atoms with Gasteiger partial charge < -0.3 is 10.5 Å². The molecular weight excluding hydrogens is 302 g/mol. The first kappa shape index (κ1) is 15.9. The Morgan fingerprint density at radius 2 is 1.91 bits per heavy atom. The number of nitrogens with one attached hydrogen (secondary N) is 1. The van der Waals surface area contributed by atoms with Gasteiger partial charge >= 0.3 is 6.09 Å². The topological polar surface area (TPSA) is 137 Å². The number of aromatic amines is 1. The fourth-order valence-corrected chi connectivity index (χ4v) is 1.75. The SMILES string of the molecule is NC(=O)OCc1ccccc1[N+](=O)[O-].c1ccc2[nH]nnc2c1. The van der Waals surface area contributed by atoms with E-state index < -0.39 is 11.0 Å². The summed E-state index contributed by atoms with van der Waals surface area (Å²) in [5, 5.41) is 20.7. The zero-order valence-electron chi connectivity index (χ0n) is 11.9. The molecule has 0 atom stereocenters. The lowest BCUT2D eigenvalue weighted by Gasteiger charge is -2.01. The minimum atomic E-state index is -0.955. The van der Waals surface area contributed by atoms with E-state index in [0.29, 0.717) is 5.56 Å². The van der Waals surface area contributed by atoms with Gasteiger partial charge in [0.1, 0.15) is 12.1 Å². The molecule has 0 aliphatic carbocycles. The van der Waals surface area contributed by atoms with Gasteiger partial charge in [0.25, 0.3) is 5.69 Å². The van der Waals surface area contributed by atoms with Crippen LogP contribution in [0.2, 0.25) is 0 Å². The number of nitrogens with two attached hydrogens (primary N) is 1. The Morgan fingerprint density at radius 3 is 2.61 bits per heavy atom. The molecule has 0 saturated carbocycles. The van der Waals surface area contributed by atoms with Gasteiger partial charge in [-0.3, -0.25) is 15.2 Å². The number of nitro groups is 1. The first-order valence-electron chi connectivity index (χ1n) is 6.48. The molecule has 1 aromatic heterocycles. The van der Waals surface area contributed by atoms with Gasteiger partial charge in [0.2, 0.25) is 0 Å². The molecule has 0 unspecified atom stereocenters. The molecule has 0 aliphatic heterocycles. The van der Waals surface area contributed by atoms with Crippen LogP contribution in [0.25, 0.3) is 11.0 Å². The Balaban J connectivity index is 0.000000182. The van der Waals surface area contributed by atoms with Gasteiger partial charge in [0.15, 0.2) is 0 Å². The predicted molar refractivity (Wildman–Crippen MR) is 81.4 cm³/mol. The maximum atomic E-state index is 10.5. The number of amides is 1. The van der Waals surface area contributed by atoms with Gasteiger partial charge in [-0.15, -0.1) is 5.10 Å². The molecule has 3 aromatic rings. The van der Waals surface area contributed by atoms with E-state index in [9.17, 15) is 14.9 Å². The van der Waals surface area contributed by atoms with E-state index in [-0.39, 0.29) is 12.3 Å². The largest absolute Gasteiger partial charge is 0.445 e.